The summed E-state index contributed by atoms with van der Waals surface area (Å²) in [4.78, 5) is 10.5. The normalized spacial score (nSPS) is 25.0. The molecule has 0 aliphatic carbocycles. The lowest BCUT2D eigenvalue weighted by Crippen LogP contribution is -1.85. The largest absolute Gasteiger partial charge is 0.515 e. The first-order valence-corrected chi connectivity index (χ1v) is 3.33. The molecule has 44 valence electrons. The highest BCUT2D eigenvalue weighted by molar-refractivity contribution is 8.14. The van der Waals surface area contributed by atoms with Crippen LogP contribution in [0.5, 0.6) is 0 Å². The third-order valence-electron chi connectivity index (χ3n) is 1.02. The first kappa shape index (κ1) is 5.69. The molecule has 0 bridgehead atoms. The van der Waals surface area contributed by atoms with Crippen molar-refractivity contribution < 1.29 is 9.90 Å². The van der Waals surface area contributed by atoms with Gasteiger partial charge in [-0.3, -0.25) is 4.79 Å². The van der Waals surface area contributed by atoms with Crippen LogP contribution in [0.1, 0.15) is 6.42 Å². The Morgan fingerprint density at radius 2 is 2.50 bits per heavy atom. The van der Waals surface area contributed by atoms with Crippen molar-refractivity contribution in [2.45, 2.75) is 6.42 Å². The maximum absolute atomic E-state index is 10.5. The van der Waals surface area contributed by atoms with Crippen LogP contribution in [-0.2, 0) is 4.79 Å². The van der Waals surface area contributed by atoms with Gasteiger partial charge in [0, 0.05) is 11.3 Å². The first-order chi connectivity index (χ1) is 3.84. The number of thioether (sulfide) groups is 1. The molecule has 0 spiro atoms. The second-order valence-corrected chi connectivity index (χ2v) is 2.61. The Morgan fingerprint density at radius 1 is 1.75 bits per heavy atom. The Morgan fingerprint density at radius 3 is 2.75 bits per heavy atom. The van der Waals surface area contributed by atoms with E-state index in [-0.39, 0.29) is 5.12 Å². The number of aliphatic hydroxyl groups is 1. The lowest BCUT2D eigenvalue weighted by Gasteiger charge is -1.82. The third-order valence-corrected chi connectivity index (χ3v) is 1.96. The van der Waals surface area contributed by atoms with Crippen molar-refractivity contribution >= 4 is 16.9 Å². The van der Waals surface area contributed by atoms with Crippen LogP contribution in [0, 0.1) is 0 Å². The fourth-order valence-electron chi connectivity index (χ4n) is 0.566. The van der Waals surface area contributed by atoms with Crippen molar-refractivity contribution in [1.82, 2.24) is 0 Å². The van der Waals surface area contributed by atoms with Crippen molar-refractivity contribution in [3.63, 3.8) is 0 Å². The number of carbonyl (C=O) groups is 1. The molecule has 0 radical (unpaired) electrons. The molecule has 0 aromatic carbocycles. The van der Waals surface area contributed by atoms with Gasteiger partial charge in [0.25, 0.3) is 0 Å². The molecule has 1 aliphatic heterocycles. The Bertz CT molecular complexity index is 139. The molecule has 1 fully saturated rings. The van der Waals surface area contributed by atoms with E-state index < -0.39 is 0 Å². The summed E-state index contributed by atoms with van der Waals surface area (Å²) >= 11 is 1.26. The molecule has 1 saturated heterocycles. The minimum Gasteiger partial charge on any atom is -0.515 e. The summed E-state index contributed by atoms with van der Waals surface area (Å²) in [6, 6.07) is 0. The van der Waals surface area contributed by atoms with Crippen LogP contribution < -0.4 is 0 Å². The van der Waals surface area contributed by atoms with Gasteiger partial charge >= 0.3 is 0 Å². The van der Waals surface area contributed by atoms with Gasteiger partial charge in [-0.25, -0.2) is 0 Å². The number of carbonyl (C=O) groups excluding carboxylic acids is 1. The highest BCUT2D eigenvalue weighted by atomic mass is 32.2. The Kier molecular flexibility index (Phi) is 1.58. The van der Waals surface area contributed by atoms with Gasteiger partial charge in [-0.15, -0.1) is 0 Å². The van der Waals surface area contributed by atoms with Gasteiger partial charge < -0.3 is 5.11 Å². The van der Waals surface area contributed by atoms with Crippen molar-refractivity contribution in [3.8, 4) is 0 Å². The van der Waals surface area contributed by atoms with E-state index >= 15 is 0 Å². The lowest BCUT2D eigenvalue weighted by atomic mass is 10.3. The zero-order valence-electron chi connectivity index (χ0n) is 4.26. The van der Waals surface area contributed by atoms with Gasteiger partial charge in [0.15, 0.2) is 0 Å². The second-order valence-electron chi connectivity index (χ2n) is 1.54. The number of aliphatic hydroxyl groups excluding tert-OH is 1. The van der Waals surface area contributed by atoms with Crippen LogP contribution in [0.2, 0.25) is 0 Å². The van der Waals surface area contributed by atoms with Crippen LogP contribution >= 0.6 is 11.8 Å². The molecule has 0 saturated carbocycles. The van der Waals surface area contributed by atoms with Crippen LogP contribution in [0.15, 0.2) is 11.8 Å². The van der Waals surface area contributed by atoms with Gasteiger partial charge in [-0.1, -0.05) is 11.8 Å². The Hall–Kier alpha value is -0.440. The summed E-state index contributed by atoms with van der Waals surface area (Å²) in [5.74, 6) is 0.825. The average Bonchev–Trinajstić information content (AvgIpc) is 2.14. The summed E-state index contributed by atoms with van der Waals surface area (Å²) < 4.78 is 0. The Labute approximate surface area is 51.6 Å². The maximum atomic E-state index is 10.5. The number of hydrogen-bond acceptors (Lipinski definition) is 3. The van der Waals surface area contributed by atoms with Crippen molar-refractivity contribution in [2.75, 3.05) is 5.75 Å². The summed E-state index contributed by atoms with van der Waals surface area (Å²) in [6.45, 7) is 0. The van der Waals surface area contributed by atoms with E-state index in [2.05, 4.69) is 0 Å². The van der Waals surface area contributed by atoms with Gasteiger partial charge in [0.1, 0.15) is 0 Å². The minimum atomic E-state index is 0.0208. The molecular formula is C5H6O2S. The molecule has 1 aliphatic rings. The third kappa shape index (κ3) is 0.865. The molecule has 2 nitrogen and oxygen atoms in total. The van der Waals surface area contributed by atoms with Gasteiger partial charge in [-0.2, -0.15) is 0 Å². The quantitative estimate of drug-likeness (QED) is 0.394. The van der Waals surface area contributed by atoms with Crippen LogP contribution in [0.4, 0.5) is 0 Å². The van der Waals surface area contributed by atoms with Crippen molar-refractivity contribution in [1.29, 1.82) is 0 Å². The van der Waals surface area contributed by atoms with Crippen molar-refractivity contribution in [3.05, 3.63) is 11.8 Å². The topological polar surface area (TPSA) is 37.3 Å². The van der Waals surface area contributed by atoms with E-state index in [0.29, 0.717) is 5.57 Å². The van der Waals surface area contributed by atoms with Gasteiger partial charge in [-0.05, 0) is 6.42 Å². The summed E-state index contributed by atoms with van der Waals surface area (Å²) in [5.41, 5.74) is 0.551. The smallest absolute Gasteiger partial charge is 0.218 e. The fourth-order valence-corrected chi connectivity index (χ4v) is 1.41. The van der Waals surface area contributed by atoms with E-state index in [1.807, 2.05) is 0 Å². The number of hydrogen-bond donors (Lipinski definition) is 1. The first-order valence-electron chi connectivity index (χ1n) is 2.35. The molecular weight excluding hydrogens is 124 g/mol. The van der Waals surface area contributed by atoms with E-state index in [4.69, 9.17) is 5.11 Å². The monoisotopic (exact) mass is 130 g/mol. The molecule has 0 aromatic rings. The average molecular weight is 130 g/mol. The zero-order chi connectivity index (χ0) is 5.98. The second kappa shape index (κ2) is 2.22. The van der Waals surface area contributed by atoms with Crippen LogP contribution in [0.3, 0.4) is 0 Å². The van der Waals surface area contributed by atoms with Gasteiger partial charge in [0.05, 0.1) is 6.26 Å². The van der Waals surface area contributed by atoms with Crippen molar-refractivity contribution in [2.24, 2.45) is 0 Å². The molecule has 0 unspecified atom stereocenters. The molecule has 0 atom stereocenters. The van der Waals surface area contributed by atoms with Crippen LogP contribution in [0.25, 0.3) is 0 Å². The molecule has 0 aromatic heterocycles. The predicted octanol–water partition coefficient (Wildman–Crippen LogP) is 1.09. The van der Waals surface area contributed by atoms with E-state index in [1.54, 1.807) is 0 Å². The van der Waals surface area contributed by atoms with Gasteiger partial charge in [0.2, 0.25) is 5.12 Å². The highest BCUT2D eigenvalue weighted by Gasteiger charge is 2.16. The maximum Gasteiger partial charge on any atom is 0.218 e. The van der Waals surface area contributed by atoms with Crippen LogP contribution in [-0.4, -0.2) is 16.0 Å². The molecule has 8 heavy (non-hydrogen) atoms. The fraction of sp³-hybridized carbons (Fsp3) is 0.400. The molecule has 1 heterocycles. The summed E-state index contributed by atoms with van der Waals surface area (Å²) in [5, 5.41) is 8.36. The SMILES string of the molecule is O=C1SCC/C1=C/O. The predicted molar refractivity (Wildman–Crippen MR) is 32.8 cm³/mol. The molecule has 0 amide bonds. The molecule has 1 N–H and O–H groups in total. The summed E-state index contributed by atoms with van der Waals surface area (Å²) in [6.07, 6.45) is 1.63. The minimum absolute atomic E-state index is 0.0208. The summed E-state index contributed by atoms with van der Waals surface area (Å²) in [7, 11) is 0. The Balaban J connectivity index is 2.69. The van der Waals surface area contributed by atoms with E-state index in [1.165, 1.54) is 11.8 Å². The van der Waals surface area contributed by atoms with E-state index in [0.717, 1.165) is 18.4 Å². The number of rotatable bonds is 0. The van der Waals surface area contributed by atoms with E-state index in [9.17, 15) is 4.79 Å². The molecule has 3 heteroatoms. The molecule has 1 rings (SSSR count). The highest BCUT2D eigenvalue weighted by Crippen LogP contribution is 2.23. The standard InChI is InChI=1S/C5H6O2S/c6-3-4-1-2-8-5(4)7/h3,6H,1-2H2/b4-3-. The zero-order valence-corrected chi connectivity index (χ0v) is 5.07. The lowest BCUT2D eigenvalue weighted by molar-refractivity contribution is -0.107.